The normalized spacial score (nSPS) is 6.60. The molecule has 0 atom stereocenters. The summed E-state index contributed by atoms with van der Waals surface area (Å²) in [5.41, 5.74) is 1.07. The van der Waals surface area contributed by atoms with Crippen LogP contribution in [0.15, 0.2) is 30.3 Å². The van der Waals surface area contributed by atoms with E-state index in [1.165, 1.54) is 0 Å². The van der Waals surface area contributed by atoms with Crippen molar-refractivity contribution in [1.29, 1.82) is 0 Å². The Morgan fingerprint density at radius 3 is 1.70 bits per heavy atom. The molecule has 0 aliphatic rings. The maximum absolute atomic E-state index is 4.08. The Balaban J connectivity index is 0. The van der Waals surface area contributed by atoms with Gasteiger partial charge in [-0.05, 0) is 0 Å². The van der Waals surface area contributed by atoms with Crippen molar-refractivity contribution in [2.45, 2.75) is 0 Å². The van der Waals surface area contributed by atoms with Crippen LogP contribution in [-0.4, -0.2) is 29.3 Å². The maximum Gasteiger partial charge on any atom is 2.00 e. The van der Waals surface area contributed by atoms with Gasteiger partial charge in [-0.2, -0.15) is 30.9 Å². The van der Waals surface area contributed by atoms with Gasteiger partial charge in [-0.1, -0.05) is 6.07 Å². The van der Waals surface area contributed by atoms with Crippen molar-refractivity contribution in [3.05, 3.63) is 42.8 Å². The zero-order chi connectivity index (χ0) is 7.11. The summed E-state index contributed by atoms with van der Waals surface area (Å²) in [5, 5.41) is 0. The van der Waals surface area contributed by atoms with Crippen LogP contribution in [0.2, 0.25) is 0 Å². The Bertz CT molecular complexity index is 139. The Morgan fingerprint density at radius 2 is 1.50 bits per heavy atom. The Labute approximate surface area is 84.6 Å². The van der Waals surface area contributed by atoms with Gasteiger partial charge in [-0.25, -0.2) is 0 Å². The van der Waals surface area contributed by atoms with E-state index in [2.05, 4.69) is 19.6 Å². The molecule has 0 aliphatic carbocycles. The van der Waals surface area contributed by atoms with Gasteiger partial charge in [0.05, 0.1) is 0 Å². The molecule has 10 heavy (non-hydrogen) atoms. The second-order valence-electron chi connectivity index (χ2n) is 1.49. The molecule has 0 nitrogen and oxygen atoms in total. The quantitative estimate of drug-likeness (QED) is 0.318. The second kappa shape index (κ2) is 9.21. The Hall–Kier alpha value is 0.206. The summed E-state index contributed by atoms with van der Waals surface area (Å²) in [6, 6.07) is 9.87. The summed E-state index contributed by atoms with van der Waals surface area (Å²) in [5.74, 6) is 0. The Kier molecular flexibility index (Phi) is 11.8. The molecule has 0 saturated carbocycles. The van der Waals surface area contributed by atoms with Gasteiger partial charge in [-0.3, -0.25) is 0 Å². The van der Waals surface area contributed by atoms with Crippen molar-refractivity contribution in [2.75, 3.05) is 6.26 Å². The van der Waals surface area contributed by atoms with E-state index in [0.717, 1.165) is 5.56 Å². The van der Waals surface area contributed by atoms with Crippen molar-refractivity contribution in [3.63, 3.8) is 0 Å². The summed E-state index contributed by atoms with van der Waals surface area (Å²) >= 11 is 4.08. The van der Waals surface area contributed by atoms with E-state index < -0.39 is 0 Å². The second-order valence-corrected chi connectivity index (χ2v) is 1.49. The van der Waals surface area contributed by atoms with Gasteiger partial charge in [0.25, 0.3) is 0 Å². The van der Waals surface area contributed by atoms with Crippen molar-refractivity contribution in [3.8, 4) is 0 Å². The zero-order valence-corrected chi connectivity index (χ0v) is 8.44. The van der Waals surface area contributed by atoms with E-state index in [1.54, 1.807) is 6.26 Å². The molecule has 1 aromatic carbocycles. The van der Waals surface area contributed by atoms with Gasteiger partial charge in [0, 0.05) is 0 Å². The van der Waals surface area contributed by atoms with Crippen molar-refractivity contribution in [2.24, 2.45) is 0 Å². The summed E-state index contributed by atoms with van der Waals surface area (Å²) in [6.45, 7) is 3.72. The van der Waals surface area contributed by atoms with Crippen LogP contribution in [0.1, 0.15) is 5.56 Å². The molecular formula is C8H10MgS. The van der Waals surface area contributed by atoms with Gasteiger partial charge < -0.3 is 12.6 Å². The van der Waals surface area contributed by atoms with Crippen LogP contribution in [0.3, 0.4) is 0 Å². The fraction of sp³-hybridized carbons (Fsp3) is 0.125. The summed E-state index contributed by atoms with van der Waals surface area (Å²) in [7, 11) is 0. The van der Waals surface area contributed by atoms with Crippen LogP contribution in [0.5, 0.6) is 0 Å². The number of rotatable bonds is 0. The van der Waals surface area contributed by atoms with Crippen LogP contribution in [0, 0.1) is 6.92 Å². The average molecular weight is 163 g/mol. The molecule has 0 bridgehead atoms. The fourth-order valence-electron chi connectivity index (χ4n) is 0.478. The number of hydrogen-bond acceptors (Lipinski definition) is 1. The van der Waals surface area contributed by atoms with Crippen molar-refractivity contribution >= 4 is 35.7 Å². The zero-order valence-electron chi connectivity index (χ0n) is 6.21. The van der Waals surface area contributed by atoms with Crippen molar-refractivity contribution in [1.82, 2.24) is 0 Å². The molecular weight excluding hydrogens is 152 g/mol. The van der Waals surface area contributed by atoms with Gasteiger partial charge in [0.15, 0.2) is 0 Å². The molecule has 0 fully saturated rings. The predicted octanol–water partition coefficient (Wildman–Crippen LogP) is 1.65. The monoisotopic (exact) mass is 162 g/mol. The number of benzene rings is 1. The largest absolute Gasteiger partial charge is 2.00 e. The standard InChI is InChI=1S/C7H7.CH4S.Mg/c1-7-5-3-2-4-6-7;1-2;/h2-6H,1H2;2H,1H3;/q-1;;+2/p-1. The van der Waals surface area contributed by atoms with E-state index in [4.69, 9.17) is 0 Å². The molecule has 1 rings (SSSR count). The fourth-order valence-corrected chi connectivity index (χ4v) is 0.478. The molecule has 50 valence electrons. The molecule has 0 heterocycles. The summed E-state index contributed by atoms with van der Waals surface area (Å²) in [6.07, 6.45) is 1.58. The van der Waals surface area contributed by atoms with Crippen molar-refractivity contribution < 1.29 is 0 Å². The third-order valence-electron chi connectivity index (χ3n) is 0.843. The summed E-state index contributed by atoms with van der Waals surface area (Å²) < 4.78 is 0. The van der Waals surface area contributed by atoms with E-state index in [-0.39, 0.29) is 23.1 Å². The molecule has 2 heteroatoms. The molecule has 0 amide bonds. The van der Waals surface area contributed by atoms with Gasteiger partial charge in [0.1, 0.15) is 0 Å². The minimum Gasteiger partial charge on any atom is -0.796 e. The molecule has 0 saturated heterocycles. The minimum absolute atomic E-state index is 0. The summed E-state index contributed by atoms with van der Waals surface area (Å²) in [4.78, 5) is 0. The van der Waals surface area contributed by atoms with E-state index in [1.807, 2.05) is 30.3 Å². The minimum atomic E-state index is 0. The first-order chi connectivity index (χ1) is 4.39. The van der Waals surface area contributed by atoms with E-state index in [0.29, 0.717) is 0 Å². The van der Waals surface area contributed by atoms with Crippen LogP contribution in [0.25, 0.3) is 0 Å². The first-order valence-electron chi connectivity index (χ1n) is 2.67. The molecule has 0 aromatic heterocycles. The topological polar surface area (TPSA) is 0 Å². The molecule has 0 aliphatic heterocycles. The van der Waals surface area contributed by atoms with Gasteiger partial charge >= 0.3 is 23.1 Å². The third-order valence-corrected chi connectivity index (χ3v) is 0.843. The predicted molar refractivity (Wildman–Crippen MR) is 49.9 cm³/mol. The average Bonchev–Trinajstić information content (AvgIpc) is 1.94. The SMILES string of the molecule is C[S-].[CH2-]c1ccccc1.[Mg+2]. The van der Waals surface area contributed by atoms with Gasteiger partial charge in [0.2, 0.25) is 0 Å². The first kappa shape index (κ1) is 12.8. The van der Waals surface area contributed by atoms with Crippen LogP contribution >= 0.6 is 0 Å². The van der Waals surface area contributed by atoms with Crippen LogP contribution in [0.4, 0.5) is 0 Å². The van der Waals surface area contributed by atoms with Crippen LogP contribution < -0.4 is 0 Å². The molecule has 0 radical (unpaired) electrons. The van der Waals surface area contributed by atoms with E-state index >= 15 is 0 Å². The maximum atomic E-state index is 4.08. The van der Waals surface area contributed by atoms with Gasteiger partial charge in [-0.15, -0.1) is 12.1 Å². The Morgan fingerprint density at radius 1 is 1.10 bits per heavy atom. The smallest absolute Gasteiger partial charge is 0.796 e. The van der Waals surface area contributed by atoms with Crippen LogP contribution in [-0.2, 0) is 12.6 Å². The van der Waals surface area contributed by atoms with E-state index in [9.17, 15) is 0 Å². The third kappa shape index (κ3) is 6.33. The molecule has 1 aromatic rings. The number of hydrogen-bond donors (Lipinski definition) is 0. The molecule has 0 unspecified atom stereocenters. The molecule has 0 spiro atoms. The first-order valence-corrected chi connectivity index (χ1v) is 3.49. The molecule has 0 N–H and O–H groups in total.